The van der Waals surface area contributed by atoms with Crippen LogP contribution >= 0.6 is 0 Å². The Hall–Kier alpha value is -0.0501. The van der Waals surface area contributed by atoms with Crippen LogP contribution in [0.1, 0.15) is 0 Å². The highest BCUT2D eigenvalue weighted by Crippen LogP contribution is 2.04. The summed E-state index contributed by atoms with van der Waals surface area (Å²) in [6.07, 6.45) is -2.65. The van der Waals surface area contributed by atoms with Crippen molar-refractivity contribution >= 4 is 15.7 Å². The lowest BCUT2D eigenvalue weighted by Crippen LogP contribution is -2.37. The Morgan fingerprint density at radius 1 is 1.43 bits per heavy atom. The second-order valence-corrected chi connectivity index (χ2v) is 1.95. The van der Waals surface area contributed by atoms with Gasteiger partial charge in [0.25, 0.3) is 6.43 Å². The van der Waals surface area contributed by atoms with Crippen LogP contribution in [0.4, 0.5) is 8.78 Å². The monoisotopic (exact) mass is 106 g/mol. The number of alkyl halides is 2. The molecule has 0 heterocycles. The Balaban J connectivity index is 3.54. The summed E-state index contributed by atoms with van der Waals surface area (Å²) in [7, 11) is 2.13. The fourth-order valence-electron chi connectivity index (χ4n) is 0. The lowest BCUT2D eigenvalue weighted by atomic mass is 9.66. The first-order valence-electron chi connectivity index (χ1n) is 1.95. The van der Waals surface area contributed by atoms with Crippen molar-refractivity contribution in [1.29, 1.82) is 0 Å². The maximum absolute atomic E-state index is 11.3. The Morgan fingerprint density at radius 3 is 1.57 bits per heavy atom. The van der Waals surface area contributed by atoms with Gasteiger partial charge in [0.15, 0.2) is 0 Å². The molecule has 0 spiro atoms. The summed E-state index contributed by atoms with van der Waals surface area (Å²) < 4.78 is 22.6. The SMILES string of the molecule is BC(B)(O)C(F)F. The molecular formula is C2H6B2F2O. The minimum absolute atomic E-state index is 1.07. The van der Waals surface area contributed by atoms with Crippen molar-refractivity contribution in [2.45, 2.75) is 11.8 Å². The van der Waals surface area contributed by atoms with Crippen molar-refractivity contribution in [2.24, 2.45) is 0 Å². The van der Waals surface area contributed by atoms with Crippen molar-refractivity contribution in [3.05, 3.63) is 0 Å². The van der Waals surface area contributed by atoms with E-state index < -0.39 is 11.8 Å². The molecule has 0 aliphatic carbocycles. The third kappa shape index (κ3) is 2.62. The van der Waals surface area contributed by atoms with E-state index in [9.17, 15) is 8.78 Å². The zero-order chi connectivity index (χ0) is 6.08. The second-order valence-electron chi connectivity index (χ2n) is 1.95. The van der Waals surface area contributed by atoms with Gasteiger partial charge in [-0.05, 0) is 0 Å². The summed E-state index contributed by atoms with van der Waals surface area (Å²) in [5.41, 5.74) is 0. The van der Waals surface area contributed by atoms with E-state index in [1.54, 1.807) is 0 Å². The molecule has 0 atom stereocenters. The number of halogens is 2. The molecule has 0 aromatic rings. The molecule has 0 amide bonds. The van der Waals surface area contributed by atoms with Gasteiger partial charge in [-0.3, -0.25) is 0 Å². The molecule has 5 heteroatoms. The number of hydrogen-bond donors (Lipinski definition) is 1. The van der Waals surface area contributed by atoms with Gasteiger partial charge in [-0.15, -0.1) is 0 Å². The van der Waals surface area contributed by atoms with Gasteiger partial charge in [-0.25, -0.2) is 8.78 Å². The van der Waals surface area contributed by atoms with Crippen LogP contribution in [0.5, 0.6) is 0 Å². The molecule has 0 rings (SSSR count). The standard InChI is InChI=1S/C2H6B2F2O/c3-2(4,7)1(5)6/h1,7H,3-4H2. The predicted octanol–water partition coefficient (Wildman–Crippen LogP) is -1.84. The fraction of sp³-hybridized carbons (Fsp3) is 1.00. The Bertz CT molecular complexity index is 59.2. The third-order valence-corrected chi connectivity index (χ3v) is 0.534. The molecule has 0 saturated carbocycles. The van der Waals surface area contributed by atoms with Gasteiger partial charge in [-0.2, -0.15) is 0 Å². The van der Waals surface area contributed by atoms with Gasteiger partial charge in [0, 0.05) is 0 Å². The molecule has 0 aliphatic heterocycles. The summed E-state index contributed by atoms with van der Waals surface area (Å²) in [6, 6.07) is 0. The molecule has 7 heavy (non-hydrogen) atoms. The minimum atomic E-state index is -2.65. The molecule has 0 bridgehead atoms. The summed E-state index contributed by atoms with van der Waals surface area (Å²) in [6.45, 7) is 0. The smallest absolute Gasteiger partial charge is 0.251 e. The number of rotatable bonds is 1. The summed E-state index contributed by atoms with van der Waals surface area (Å²) in [4.78, 5) is 0. The van der Waals surface area contributed by atoms with Gasteiger partial charge >= 0.3 is 0 Å². The highest BCUT2D eigenvalue weighted by atomic mass is 19.3. The van der Waals surface area contributed by atoms with Gasteiger partial charge in [-0.1, -0.05) is 0 Å². The summed E-state index contributed by atoms with van der Waals surface area (Å²) in [5.74, 6) is 0. The molecule has 0 saturated heterocycles. The molecule has 0 unspecified atom stereocenters. The first-order valence-corrected chi connectivity index (χ1v) is 1.95. The molecular weight excluding hydrogens is 99.6 g/mol. The van der Waals surface area contributed by atoms with E-state index in [0.29, 0.717) is 0 Å². The van der Waals surface area contributed by atoms with E-state index in [4.69, 9.17) is 5.11 Å². The summed E-state index contributed by atoms with van der Waals surface area (Å²) in [5, 5.41) is 6.51. The fourth-order valence-corrected chi connectivity index (χ4v) is 0. The van der Waals surface area contributed by atoms with Gasteiger partial charge < -0.3 is 5.11 Å². The van der Waals surface area contributed by atoms with Crippen molar-refractivity contribution < 1.29 is 13.9 Å². The lowest BCUT2D eigenvalue weighted by molar-refractivity contribution is 0.0161. The van der Waals surface area contributed by atoms with Gasteiger partial charge in [0.05, 0.1) is 5.40 Å². The van der Waals surface area contributed by atoms with Crippen LogP contribution in [-0.4, -0.2) is 32.6 Å². The van der Waals surface area contributed by atoms with Crippen molar-refractivity contribution in [3.63, 3.8) is 0 Å². The average molecular weight is 106 g/mol. The average Bonchev–Trinajstić information content (AvgIpc) is 1.31. The predicted molar refractivity (Wildman–Crippen MR) is 28.0 cm³/mol. The molecule has 0 fully saturated rings. The van der Waals surface area contributed by atoms with Crippen molar-refractivity contribution in [3.8, 4) is 0 Å². The van der Waals surface area contributed by atoms with Crippen LogP contribution in [0.25, 0.3) is 0 Å². The minimum Gasteiger partial charge on any atom is -0.402 e. The number of aliphatic hydroxyl groups is 1. The molecule has 0 aliphatic rings. The van der Waals surface area contributed by atoms with E-state index in [2.05, 4.69) is 0 Å². The zero-order valence-electron chi connectivity index (χ0n) is 4.28. The Labute approximate surface area is 42.5 Å². The first kappa shape index (κ1) is 6.95. The first-order chi connectivity index (χ1) is 2.94. The molecule has 1 nitrogen and oxygen atoms in total. The normalized spacial score (nSPS) is 12.6. The van der Waals surface area contributed by atoms with Gasteiger partial charge in [0.1, 0.15) is 15.7 Å². The third-order valence-electron chi connectivity index (χ3n) is 0.534. The second kappa shape index (κ2) is 1.82. The highest BCUT2D eigenvalue weighted by Gasteiger charge is 2.24. The topological polar surface area (TPSA) is 20.2 Å². The highest BCUT2D eigenvalue weighted by molar-refractivity contribution is 6.39. The maximum Gasteiger partial charge on any atom is 0.251 e. The number of hydrogen-bond acceptors (Lipinski definition) is 1. The van der Waals surface area contributed by atoms with Crippen LogP contribution in [-0.2, 0) is 0 Å². The summed E-state index contributed by atoms with van der Waals surface area (Å²) >= 11 is 0. The quantitative estimate of drug-likeness (QED) is 0.389. The van der Waals surface area contributed by atoms with E-state index in [-0.39, 0.29) is 0 Å². The zero-order valence-corrected chi connectivity index (χ0v) is 4.28. The van der Waals surface area contributed by atoms with Crippen molar-refractivity contribution in [2.75, 3.05) is 0 Å². The molecule has 40 valence electrons. The van der Waals surface area contributed by atoms with Crippen LogP contribution in [0.15, 0.2) is 0 Å². The van der Waals surface area contributed by atoms with Crippen LogP contribution < -0.4 is 0 Å². The molecule has 0 aromatic carbocycles. The van der Waals surface area contributed by atoms with E-state index in [1.165, 1.54) is 0 Å². The Kier molecular flexibility index (Phi) is 1.81. The van der Waals surface area contributed by atoms with Gasteiger partial charge in [0.2, 0.25) is 0 Å². The maximum atomic E-state index is 11.3. The largest absolute Gasteiger partial charge is 0.402 e. The van der Waals surface area contributed by atoms with E-state index in [1.807, 2.05) is 0 Å². The molecule has 1 N–H and O–H groups in total. The lowest BCUT2D eigenvalue weighted by Gasteiger charge is -2.14. The molecule has 0 aromatic heterocycles. The van der Waals surface area contributed by atoms with Crippen molar-refractivity contribution in [1.82, 2.24) is 0 Å². The Morgan fingerprint density at radius 2 is 1.57 bits per heavy atom. The van der Waals surface area contributed by atoms with Crippen LogP contribution in [0.2, 0.25) is 0 Å². The van der Waals surface area contributed by atoms with Crippen LogP contribution in [0, 0.1) is 0 Å². The molecule has 0 radical (unpaired) electrons. The van der Waals surface area contributed by atoms with E-state index in [0.717, 1.165) is 15.7 Å². The van der Waals surface area contributed by atoms with Crippen LogP contribution in [0.3, 0.4) is 0 Å². The van der Waals surface area contributed by atoms with E-state index >= 15 is 0 Å².